The molecule has 4 nitrogen and oxygen atoms in total. The van der Waals surface area contributed by atoms with Gasteiger partial charge in [-0.25, -0.2) is 0 Å². The van der Waals surface area contributed by atoms with E-state index in [1.165, 1.54) is 6.07 Å². The summed E-state index contributed by atoms with van der Waals surface area (Å²) in [5.41, 5.74) is 3.87. The van der Waals surface area contributed by atoms with Crippen LogP contribution in [0.3, 0.4) is 0 Å². The van der Waals surface area contributed by atoms with Crippen molar-refractivity contribution in [3.05, 3.63) is 67.7 Å². The highest BCUT2D eigenvalue weighted by Crippen LogP contribution is 2.26. The summed E-state index contributed by atoms with van der Waals surface area (Å²) >= 11 is 3.49. The lowest BCUT2D eigenvalue weighted by atomic mass is 10.1. The molecule has 0 saturated carbocycles. The molecule has 5 heteroatoms. The molecule has 0 atom stereocenters. The number of nitro groups is 1. The molecule has 0 heterocycles. The van der Waals surface area contributed by atoms with Crippen molar-refractivity contribution < 1.29 is 4.92 Å². The first-order chi connectivity index (χ1) is 9.47. The van der Waals surface area contributed by atoms with E-state index in [0.717, 1.165) is 21.2 Å². The average molecular weight is 335 g/mol. The number of rotatable bonds is 4. The summed E-state index contributed by atoms with van der Waals surface area (Å²) in [5.74, 6) is 0. The molecule has 0 aliphatic carbocycles. The lowest BCUT2D eigenvalue weighted by Gasteiger charge is -2.09. The lowest BCUT2D eigenvalue weighted by Crippen LogP contribution is -2.03. The number of hydrogen-bond acceptors (Lipinski definition) is 3. The second-order valence-electron chi connectivity index (χ2n) is 4.71. The predicted molar refractivity (Wildman–Crippen MR) is 84.0 cm³/mol. The monoisotopic (exact) mass is 334 g/mol. The van der Waals surface area contributed by atoms with E-state index in [9.17, 15) is 10.1 Å². The standard InChI is InChI=1S/C15H15BrN2O2/c1-10-3-6-15(18(19)20)14(7-10)17-9-12-5-4-11(2)13(16)8-12/h3-8,17H,9H2,1-2H3. The number of halogens is 1. The summed E-state index contributed by atoms with van der Waals surface area (Å²) in [6, 6.07) is 11.1. The zero-order valence-corrected chi connectivity index (χ0v) is 12.9. The summed E-state index contributed by atoms with van der Waals surface area (Å²) in [6.45, 7) is 4.48. The van der Waals surface area contributed by atoms with Gasteiger partial charge >= 0.3 is 0 Å². The van der Waals surface area contributed by atoms with Crippen LogP contribution in [0.1, 0.15) is 16.7 Å². The van der Waals surface area contributed by atoms with Crippen molar-refractivity contribution in [2.45, 2.75) is 20.4 Å². The van der Waals surface area contributed by atoms with E-state index in [1.54, 1.807) is 12.1 Å². The molecular formula is C15H15BrN2O2. The number of nitrogens with one attached hydrogen (secondary N) is 1. The van der Waals surface area contributed by atoms with Crippen LogP contribution in [0.25, 0.3) is 0 Å². The quantitative estimate of drug-likeness (QED) is 0.657. The van der Waals surface area contributed by atoms with Gasteiger partial charge in [0.1, 0.15) is 5.69 Å². The number of benzene rings is 2. The zero-order valence-electron chi connectivity index (χ0n) is 11.3. The van der Waals surface area contributed by atoms with Gasteiger partial charge in [0.15, 0.2) is 0 Å². The van der Waals surface area contributed by atoms with Crippen LogP contribution in [-0.2, 0) is 6.54 Å². The minimum Gasteiger partial charge on any atom is -0.375 e. The second-order valence-corrected chi connectivity index (χ2v) is 5.57. The summed E-state index contributed by atoms with van der Waals surface area (Å²) < 4.78 is 1.04. The van der Waals surface area contributed by atoms with Gasteiger partial charge in [0.25, 0.3) is 5.69 Å². The molecule has 0 bridgehead atoms. The molecule has 0 spiro atoms. The Morgan fingerprint density at radius 2 is 1.95 bits per heavy atom. The van der Waals surface area contributed by atoms with Gasteiger partial charge in [0.05, 0.1) is 4.92 Å². The van der Waals surface area contributed by atoms with Crippen LogP contribution >= 0.6 is 15.9 Å². The lowest BCUT2D eigenvalue weighted by molar-refractivity contribution is -0.384. The highest BCUT2D eigenvalue weighted by atomic mass is 79.9. The maximum absolute atomic E-state index is 11.0. The first-order valence-corrected chi connectivity index (χ1v) is 7.00. The molecule has 2 aromatic rings. The number of nitrogens with zero attached hydrogens (tertiary/aromatic N) is 1. The molecule has 2 aromatic carbocycles. The molecule has 2 rings (SSSR count). The minimum absolute atomic E-state index is 0.0989. The van der Waals surface area contributed by atoms with Crippen molar-refractivity contribution >= 4 is 27.3 Å². The van der Waals surface area contributed by atoms with E-state index in [0.29, 0.717) is 12.2 Å². The maximum Gasteiger partial charge on any atom is 0.292 e. The normalized spacial score (nSPS) is 10.3. The van der Waals surface area contributed by atoms with Crippen LogP contribution in [0.5, 0.6) is 0 Å². The van der Waals surface area contributed by atoms with Gasteiger partial charge in [-0.2, -0.15) is 0 Å². The minimum atomic E-state index is -0.368. The zero-order chi connectivity index (χ0) is 14.7. The fraction of sp³-hybridized carbons (Fsp3) is 0.200. The third-order valence-corrected chi connectivity index (χ3v) is 3.92. The van der Waals surface area contributed by atoms with Crippen molar-refractivity contribution in [2.75, 3.05) is 5.32 Å². The van der Waals surface area contributed by atoms with Crippen LogP contribution in [-0.4, -0.2) is 4.92 Å². The summed E-state index contributed by atoms with van der Waals surface area (Å²) in [6.07, 6.45) is 0. The molecule has 0 aromatic heterocycles. The summed E-state index contributed by atoms with van der Waals surface area (Å²) in [4.78, 5) is 10.6. The predicted octanol–water partition coefficient (Wildman–Crippen LogP) is 4.59. The largest absolute Gasteiger partial charge is 0.375 e. The Kier molecular flexibility index (Phi) is 4.39. The van der Waals surface area contributed by atoms with Crippen LogP contribution in [0.15, 0.2) is 40.9 Å². The van der Waals surface area contributed by atoms with Crippen molar-refractivity contribution in [1.82, 2.24) is 0 Å². The highest BCUT2D eigenvalue weighted by molar-refractivity contribution is 9.10. The fourth-order valence-electron chi connectivity index (χ4n) is 1.89. The van der Waals surface area contributed by atoms with E-state index in [2.05, 4.69) is 21.2 Å². The van der Waals surface area contributed by atoms with Crippen molar-refractivity contribution in [3.8, 4) is 0 Å². The van der Waals surface area contributed by atoms with Crippen molar-refractivity contribution in [2.24, 2.45) is 0 Å². The first kappa shape index (κ1) is 14.5. The fourth-order valence-corrected chi connectivity index (χ4v) is 2.32. The van der Waals surface area contributed by atoms with Gasteiger partial charge in [-0.1, -0.05) is 34.1 Å². The van der Waals surface area contributed by atoms with E-state index in [1.807, 2.05) is 32.0 Å². The van der Waals surface area contributed by atoms with Gasteiger partial charge in [0.2, 0.25) is 0 Å². The second kappa shape index (κ2) is 6.05. The average Bonchev–Trinajstić information content (AvgIpc) is 2.40. The van der Waals surface area contributed by atoms with Gasteiger partial charge in [-0.05, 0) is 42.7 Å². The van der Waals surface area contributed by atoms with Gasteiger partial charge in [-0.3, -0.25) is 10.1 Å². The van der Waals surface area contributed by atoms with Gasteiger partial charge in [-0.15, -0.1) is 0 Å². The number of aryl methyl sites for hydroxylation is 2. The highest BCUT2D eigenvalue weighted by Gasteiger charge is 2.13. The van der Waals surface area contributed by atoms with Gasteiger partial charge < -0.3 is 5.32 Å². The Hall–Kier alpha value is -1.88. The van der Waals surface area contributed by atoms with Crippen LogP contribution < -0.4 is 5.32 Å². The molecule has 0 amide bonds. The molecule has 1 N–H and O–H groups in total. The third-order valence-electron chi connectivity index (χ3n) is 3.07. The van der Waals surface area contributed by atoms with E-state index >= 15 is 0 Å². The molecule has 104 valence electrons. The molecule has 0 saturated heterocycles. The molecule has 0 aliphatic heterocycles. The van der Waals surface area contributed by atoms with Gasteiger partial charge in [0, 0.05) is 17.1 Å². The number of hydrogen-bond donors (Lipinski definition) is 1. The number of anilines is 1. The molecule has 0 aliphatic rings. The Morgan fingerprint density at radius 1 is 1.20 bits per heavy atom. The van der Waals surface area contributed by atoms with E-state index in [4.69, 9.17) is 0 Å². The number of nitro benzene ring substituents is 1. The Labute approximate surface area is 126 Å². The SMILES string of the molecule is Cc1ccc([N+](=O)[O-])c(NCc2ccc(C)c(Br)c2)c1. The van der Waals surface area contributed by atoms with Crippen molar-refractivity contribution in [1.29, 1.82) is 0 Å². The Balaban J connectivity index is 2.20. The molecular weight excluding hydrogens is 320 g/mol. The summed E-state index contributed by atoms with van der Waals surface area (Å²) in [5, 5.41) is 14.1. The Morgan fingerprint density at radius 3 is 2.60 bits per heavy atom. The molecule has 0 radical (unpaired) electrons. The topological polar surface area (TPSA) is 55.2 Å². The van der Waals surface area contributed by atoms with Crippen LogP contribution in [0.2, 0.25) is 0 Å². The van der Waals surface area contributed by atoms with E-state index in [-0.39, 0.29) is 10.6 Å². The van der Waals surface area contributed by atoms with E-state index < -0.39 is 0 Å². The van der Waals surface area contributed by atoms with Crippen LogP contribution in [0, 0.1) is 24.0 Å². The third kappa shape index (κ3) is 3.36. The molecule has 0 fully saturated rings. The summed E-state index contributed by atoms with van der Waals surface area (Å²) in [7, 11) is 0. The maximum atomic E-state index is 11.0. The smallest absolute Gasteiger partial charge is 0.292 e. The first-order valence-electron chi connectivity index (χ1n) is 6.21. The van der Waals surface area contributed by atoms with Crippen molar-refractivity contribution in [3.63, 3.8) is 0 Å². The Bertz CT molecular complexity index is 656. The molecule has 20 heavy (non-hydrogen) atoms. The van der Waals surface area contributed by atoms with Crippen LogP contribution in [0.4, 0.5) is 11.4 Å². The molecule has 0 unspecified atom stereocenters.